The number of hydrogen-bond donors (Lipinski definition) is 0. The zero-order valence-corrected chi connectivity index (χ0v) is 17.9. The molecule has 138 valence electrons. The van der Waals surface area contributed by atoms with E-state index >= 15 is 0 Å². The van der Waals surface area contributed by atoms with Crippen molar-refractivity contribution in [1.29, 1.82) is 0 Å². The van der Waals surface area contributed by atoms with Gasteiger partial charge in [-0.25, -0.2) is 0 Å². The fourth-order valence-electron chi connectivity index (χ4n) is 4.42. The number of rotatable bonds is 1. The molecule has 6 rings (SSSR count). The molecule has 2 nitrogen and oxygen atoms in total. The smallest absolute Gasteiger partial charge is 0.166 e. The van der Waals surface area contributed by atoms with E-state index < -0.39 is 0 Å². The molecule has 0 radical (unpaired) electrons. The van der Waals surface area contributed by atoms with Crippen molar-refractivity contribution in [2.24, 2.45) is 5.92 Å². The first kappa shape index (κ1) is 16.5. The molecule has 4 aromatic rings. The Hall–Kier alpha value is -2.40. The summed E-state index contributed by atoms with van der Waals surface area (Å²) in [6.07, 6.45) is 7.65. The summed E-state index contributed by atoms with van der Waals surface area (Å²) in [6.45, 7) is 4.42. The number of para-hydroxylation sites is 1. The third kappa shape index (κ3) is 2.35. The van der Waals surface area contributed by atoms with Crippen LogP contribution in [0.25, 0.3) is 39.7 Å². The lowest BCUT2D eigenvalue weighted by Crippen LogP contribution is -2.08. The van der Waals surface area contributed by atoms with E-state index in [0.29, 0.717) is 5.92 Å². The molecule has 0 amide bonds. The number of halogens is 1. The van der Waals surface area contributed by atoms with Crippen LogP contribution in [0.5, 0.6) is 0 Å². The molecule has 2 aliphatic rings. The van der Waals surface area contributed by atoms with Gasteiger partial charge in [0.25, 0.3) is 0 Å². The summed E-state index contributed by atoms with van der Waals surface area (Å²) < 4.78 is 15.8. The van der Waals surface area contributed by atoms with E-state index in [4.69, 9.17) is 8.83 Å². The number of allylic oxidation sites excluding steroid dienone is 2. The molecule has 1 atom stereocenters. The Morgan fingerprint density at radius 1 is 1.07 bits per heavy atom. The normalized spacial score (nSPS) is 18.1. The maximum atomic E-state index is 6.24. The Morgan fingerprint density at radius 2 is 2.00 bits per heavy atom. The molecule has 1 aliphatic heterocycles. The molecular formula is C25H19IO2. The fraction of sp³-hybridized carbons (Fsp3) is 0.160. The molecule has 2 aromatic heterocycles. The van der Waals surface area contributed by atoms with E-state index in [-0.39, 0.29) is 20.7 Å². The lowest BCUT2D eigenvalue weighted by atomic mass is 9.83. The Morgan fingerprint density at radius 3 is 2.93 bits per heavy atom. The van der Waals surface area contributed by atoms with Gasteiger partial charge in [0, 0.05) is 28.0 Å². The van der Waals surface area contributed by atoms with Crippen molar-refractivity contribution in [2.75, 3.05) is 0 Å². The van der Waals surface area contributed by atoms with Crippen LogP contribution in [0.2, 0.25) is 0 Å². The van der Waals surface area contributed by atoms with Gasteiger partial charge in [0.15, 0.2) is 3.35 Å². The van der Waals surface area contributed by atoms with Crippen molar-refractivity contribution in [3.8, 4) is 0 Å². The molecule has 3 heterocycles. The highest BCUT2D eigenvalue weighted by atomic mass is 127. The lowest BCUT2D eigenvalue weighted by Gasteiger charge is -2.20. The summed E-state index contributed by atoms with van der Waals surface area (Å²) in [5, 5.41) is 3.74. The first-order chi connectivity index (χ1) is 13.7. The van der Waals surface area contributed by atoms with E-state index in [2.05, 4.69) is 72.6 Å². The summed E-state index contributed by atoms with van der Waals surface area (Å²) in [4.78, 5) is 0. The quantitative estimate of drug-likeness (QED) is 0.283. The van der Waals surface area contributed by atoms with Crippen LogP contribution in [0.15, 0.2) is 55.4 Å². The average Bonchev–Trinajstić information content (AvgIpc) is 3.25. The molecule has 0 bridgehead atoms. The minimum atomic E-state index is -0.145. The predicted octanol–water partition coefficient (Wildman–Crippen LogP) is 6.75. The van der Waals surface area contributed by atoms with Gasteiger partial charge in [-0.1, -0.05) is 37.3 Å². The summed E-state index contributed by atoms with van der Waals surface area (Å²) in [5.74, 6) is 1.54. The van der Waals surface area contributed by atoms with Crippen molar-refractivity contribution in [3.63, 3.8) is 0 Å². The Bertz CT molecular complexity index is 1460. The van der Waals surface area contributed by atoms with Crippen LogP contribution in [-0.2, 0) is 6.42 Å². The molecule has 2 aromatic carbocycles. The number of hydrogen-bond acceptors (Lipinski definition) is 2. The fourth-order valence-corrected chi connectivity index (χ4v) is 6.33. The van der Waals surface area contributed by atoms with Crippen molar-refractivity contribution < 1.29 is 8.83 Å². The van der Waals surface area contributed by atoms with E-state index in [9.17, 15) is 0 Å². The van der Waals surface area contributed by atoms with E-state index in [1.165, 1.54) is 41.6 Å². The summed E-state index contributed by atoms with van der Waals surface area (Å²) in [6, 6.07) is 13.1. The second-order valence-electron chi connectivity index (χ2n) is 7.69. The van der Waals surface area contributed by atoms with Crippen LogP contribution >= 0.6 is 20.7 Å². The van der Waals surface area contributed by atoms with Gasteiger partial charge in [-0.2, -0.15) is 0 Å². The molecule has 0 fully saturated rings. The largest absolute Gasteiger partial charge is 0.460 e. The SMILES string of the molecule is Cc1cccc2c3c(oc12)CC(C)C(c1ccc2oc4c(c2c1)=CC=CI=4)=C3. The van der Waals surface area contributed by atoms with Crippen molar-refractivity contribution >= 4 is 60.4 Å². The van der Waals surface area contributed by atoms with Crippen molar-refractivity contribution in [1.82, 2.24) is 0 Å². The van der Waals surface area contributed by atoms with Crippen LogP contribution in [0, 0.1) is 16.2 Å². The molecule has 0 saturated heterocycles. The minimum absolute atomic E-state index is 0.145. The van der Waals surface area contributed by atoms with Gasteiger partial charge in [-0.05, 0) is 78.6 Å². The molecule has 28 heavy (non-hydrogen) atoms. The van der Waals surface area contributed by atoms with Gasteiger partial charge in [0.1, 0.15) is 16.9 Å². The maximum Gasteiger partial charge on any atom is 0.166 e. The monoisotopic (exact) mass is 478 g/mol. The number of benzene rings is 2. The number of furan rings is 2. The molecule has 0 N–H and O–H groups in total. The van der Waals surface area contributed by atoms with Crippen molar-refractivity contribution in [2.45, 2.75) is 20.3 Å². The Kier molecular flexibility index (Phi) is 3.57. The lowest BCUT2D eigenvalue weighted by molar-refractivity contribution is 0.516. The van der Waals surface area contributed by atoms with Gasteiger partial charge in [0.2, 0.25) is 0 Å². The topological polar surface area (TPSA) is 26.3 Å². The van der Waals surface area contributed by atoms with E-state index in [1.54, 1.807) is 0 Å². The highest BCUT2D eigenvalue weighted by Crippen LogP contribution is 2.40. The zero-order chi connectivity index (χ0) is 18.8. The molecule has 3 heteroatoms. The third-order valence-corrected chi connectivity index (χ3v) is 8.00. The molecule has 0 saturated carbocycles. The van der Waals surface area contributed by atoms with Crippen LogP contribution in [-0.4, -0.2) is 0 Å². The first-order valence-corrected chi connectivity index (χ1v) is 11.9. The minimum Gasteiger partial charge on any atom is -0.460 e. The van der Waals surface area contributed by atoms with Crippen LogP contribution in [0.3, 0.4) is 0 Å². The summed E-state index contributed by atoms with van der Waals surface area (Å²) in [7, 11) is 0. The van der Waals surface area contributed by atoms with Gasteiger partial charge in [-0.15, -0.1) is 0 Å². The zero-order valence-electron chi connectivity index (χ0n) is 15.8. The molecule has 1 unspecified atom stereocenters. The highest BCUT2D eigenvalue weighted by molar-refractivity contribution is 14.2. The first-order valence-electron chi connectivity index (χ1n) is 9.62. The predicted molar refractivity (Wildman–Crippen MR) is 124 cm³/mol. The van der Waals surface area contributed by atoms with Gasteiger partial charge in [-0.3, -0.25) is 0 Å². The third-order valence-electron chi connectivity index (χ3n) is 5.86. The summed E-state index contributed by atoms with van der Waals surface area (Å²) >= 11 is -0.145. The van der Waals surface area contributed by atoms with Gasteiger partial charge < -0.3 is 8.83 Å². The van der Waals surface area contributed by atoms with E-state index in [1.807, 2.05) is 0 Å². The van der Waals surface area contributed by atoms with Crippen LogP contribution < -0.4 is 5.22 Å². The highest BCUT2D eigenvalue weighted by Gasteiger charge is 2.25. The molecule has 1 aliphatic carbocycles. The number of fused-ring (bicyclic) bond motifs is 6. The Labute approximate surface area is 172 Å². The van der Waals surface area contributed by atoms with E-state index in [0.717, 1.165) is 23.3 Å². The second-order valence-corrected chi connectivity index (χ2v) is 10.0. The molecule has 0 spiro atoms. The number of aryl methyl sites for hydroxylation is 1. The maximum absolute atomic E-state index is 6.24. The standard InChI is InChI=1S/C25H19IO2/c1-14-5-3-6-17-21-13-19(15(2)11-23(21)27-24(14)17)16-8-9-22-20(12-16)18-7-4-10-26-25(18)28-22/h3-10,12-13,15H,11H2,1-2H3. The Balaban J connectivity index is 1.58. The summed E-state index contributed by atoms with van der Waals surface area (Å²) in [5.41, 5.74) is 7.16. The second kappa shape index (κ2) is 6.05. The average molecular weight is 478 g/mol. The van der Waals surface area contributed by atoms with Crippen molar-refractivity contribution in [3.05, 3.63) is 77.6 Å². The van der Waals surface area contributed by atoms with Gasteiger partial charge >= 0.3 is 0 Å². The molecular weight excluding hydrogens is 459 g/mol. The van der Waals surface area contributed by atoms with Gasteiger partial charge in [0.05, 0.1) is 0 Å². The van der Waals surface area contributed by atoms with Crippen LogP contribution in [0.4, 0.5) is 0 Å². The van der Waals surface area contributed by atoms with Crippen LogP contribution in [0.1, 0.15) is 29.4 Å².